The van der Waals surface area contributed by atoms with E-state index in [1.54, 1.807) is 24.4 Å². The second-order valence-corrected chi connectivity index (χ2v) is 9.20. The third-order valence-corrected chi connectivity index (χ3v) is 6.55. The molecule has 0 radical (unpaired) electrons. The Kier molecular flexibility index (Phi) is 7.01. The van der Waals surface area contributed by atoms with Gasteiger partial charge in [0, 0.05) is 18.2 Å². The van der Waals surface area contributed by atoms with Gasteiger partial charge in [0.2, 0.25) is 5.91 Å². The summed E-state index contributed by atoms with van der Waals surface area (Å²) in [7, 11) is 0. The third kappa shape index (κ3) is 5.47. The summed E-state index contributed by atoms with van der Waals surface area (Å²) in [6.45, 7) is 1.94. The minimum atomic E-state index is -4.43. The quantitative estimate of drug-likeness (QED) is 0.245. The molecule has 0 aliphatic carbocycles. The molecule has 0 bridgehead atoms. The van der Waals surface area contributed by atoms with Crippen molar-refractivity contribution in [3.63, 3.8) is 0 Å². The first kappa shape index (κ1) is 25.3. The van der Waals surface area contributed by atoms with E-state index >= 15 is 0 Å². The van der Waals surface area contributed by atoms with Crippen molar-refractivity contribution in [3.8, 4) is 22.4 Å². The zero-order valence-corrected chi connectivity index (χ0v) is 20.7. The van der Waals surface area contributed by atoms with Gasteiger partial charge in [-0.05, 0) is 54.3 Å². The molecule has 1 amide bonds. The van der Waals surface area contributed by atoms with E-state index in [2.05, 4.69) is 5.32 Å². The van der Waals surface area contributed by atoms with Crippen molar-refractivity contribution in [1.82, 2.24) is 14.7 Å². The summed E-state index contributed by atoms with van der Waals surface area (Å²) in [5.74, 6) is -0.0932. The maximum absolute atomic E-state index is 13.3. The maximum atomic E-state index is 13.3. The molecular formula is C31H26F3N3O. The number of aryl methyl sites for hydroxylation is 1. The molecule has 0 saturated heterocycles. The normalized spacial score (nSPS) is 12.4. The largest absolute Gasteiger partial charge is 0.416 e. The molecule has 38 heavy (non-hydrogen) atoms. The van der Waals surface area contributed by atoms with Gasteiger partial charge < -0.3 is 9.72 Å². The number of imidazole rings is 1. The van der Waals surface area contributed by atoms with E-state index in [0.717, 1.165) is 34.6 Å². The Labute approximate surface area is 218 Å². The van der Waals surface area contributed by atoms with Crippen LogP contribution in [0.3, 0.4) is 0 Å². The van der Waals surface area contributed by atoms with E-state index in [-0.39, 0.29) is 18.4 Å². The number of nitrogens with one attached hydrogen (secondary N) is 1. The van der Waals surface area contributed by atoms with Gasteiger partial charge in [-0.25, -0.2) is 4.98 Å². The van der Waals surface area contributed by atoms with Crippen LogP contribution in [0.15, 0.2) is 103 Å². The first-order chi connectivity index (χ1) is 18.3. The number of carbonyl (C=O) groups is 1. The highest BCUT2D eigenvalue weighted by Crippen LogP contribution is 2.33. The highest BCUT2D eigenvalue weighted by atomic mass is 19.4. The van der Waals surface area contributed by atoms with E-state index in [1.807, 2.05) is 72.0 Å². The maximum Gasteiger partial charge on any atom is 0.416 e. The topological polar surface area (TPSA) is 46.4 Å². The molecule has 5 aromatic rings. The van der Waals surface area contributed by atoms with Gasteiger partial charge in [0.15, 0.2) is 0 Å². The molecule has 0 aliphatic heterocycles. The Morgan fingerprint density at radius 1 is 0.868 bits per heavy atom. The average Bonchev–Trinajstić information content (AvgIpc) is 3.30. The number of alkyl halides is 3. The fourth-order valence-electron chi connectivity index (χ4n) is 4.58. The van der Waals surface area contributed by atoms with Crippen LogP contribution in [0.25, 0.3) is 28.0 Å². The summed E-state index contributed by atoms with van der Waals surface area (Å²) in [5, 5.41) is 3.05. The van der Waals surface area contributed by atoms with E-state index < -0.39 is 11.7 Å². The van der Waals surface area contributed by atoms with Gasteiger partial charge in [0.1, 0.15) is 5.65 Å². The smallest absolute Gasteiger partial charge is 0.350 e. The Bertz CT molecular complexity index is 1560. The third-order valence-electron chi connectivity index (χ3n) is 6.55. The number of hydrogen-bond acceptors (Lipinski definition) is 2. The number of aromatic nitrogens is 2. The molecule has 0 spiro atoms. The Morgan fingerprint density at radius 2 is 1.55 bits per heavy atom. The predicted molar refractivity (Wildman–Crippen MR) is 142 cm³/mol. The molecule has 2 aromatic heterocycles. The van der Waals surface area contributed by atoms with Gasteiger partial charge in [-0.3, -0.25) is 4.79 Å². The summed E-state index contributed by atoms with van der Waals surface area (Å²) in [4.78, 5) is 17.7. The Morgan fingerprint density at radius 3 is 2.26 bits per heavy atom. The fraction of sp³-hybridized carbons (Fsp3) is 0.161. The fourth-order valence-corrected chi connectivity index (χ4v) is 4.58. The molecule has 7 heteroatoms. The number of halogens is 3. The first-order valence-corrected chi connectivity index (χ1v) is 12.4. The Balaban J connectivity index is 1.48. The van der Waals surface area contributed by atoms with Gasteiger partial charge in [-0.2, -0.15) is 13.2 Å². The lowest BCUT2D eigenvalue weighted by Gasteiger charge is -2.14. The highest BCUT2D eigenvalue weighted by molar-refractivity contribution is 5.77. The van der Waals surface area contributed by atoms with Crippen LogP contribution in [0.2, 0.25) is 0 Å². The standard InChI is InChI=1S/C31H26F3N3O/c1-21(22-9-4-2-5-10-22)35-29(38)18-16-27-30(23-11-6-3-7-12-23)36-28-17-15-25(20-37(27)28)24-13-8-14-26(19-24)31(32,33)34/h2-15,17,19-21H,16,18H2,1H3,(H,35,38)/t21-/m0/s1. The number of amides is 1. The number of fused-ring (bicyclic) bond motifs is 1. The van der Waals surface area contributed by atoms with Crippen LogP contribution in [0.1, 0.15) is 36.2 Å². The molecule has 192 valence electrons. The zero-order valence-electron chi connectivity index (χ0n) is 20.7. The number of rotatable bonds is 7. The van der Waals surface area contributed by atoms with Crippen LogP contribution in [0.5, 0.6) is 0 Å². The van der Waals surface area contributed by atoms with Crippen molar-refractivity contribution in [2.45, 2.75) is 32.0 Å². The van der Waals surface area contributed by atoms with Gasteiger partial charge in [0.25, 0.3) is 0 Å². The van der Waals surface area contributed by atoms with Crippen molar-refractivity contribution in [3.05, 3.63) is 120 Å². The van der Waals surface area contributed by atoms with Crippen LogP contribution in [0.4, 0.5) is 13.2 Å². The number of carbonyl (C=O) groups excluding carboxylic acids is 1. The van der Waals surface area contributed by atoms with Crippen molar-refractivity contribution < 1.29 is 18.0 Å². The van der Waals surface area contributed by atoms with Crippen LogP contribution >= 0.6 is 0 Å². The van der Waals surface area contributed by atoms with Gasteiger partial charge >= 0.3 is 6.18 Å². The Hall–Kier alpha value is -4.39. The number of pyridine rings is 1. The SMILES string of the molecule is C[C@H](NC(=O)CCc1c(-c2ccccc2)nc2ccc(-c3cccc(C(F)(F)F)c3)cn12)c1ccccc1. The van der Waals surface area contributed by atoms with E-state index in [0.29, 0.717) is 23.2 Å². The molecule has 0 fully saturated rings. The van der Waals surface area contributed by atoms with Crippen LogP contribution in [-0.4, -0.2) is 15.3 Å². The van der Waals surface area contributed by atoms with Crippen molar-refractivity contribution in [1.29, 1.82) is 0 Å². The summed E-state index contributed by atoms with van der Waals surface area (Å²) >= 11 is 0. The molecule has 4 nitrogen and oxygen atoms in total. The summed E-state index contributed by atoms with van der Waals surface area (Å²) in [5.41, 5.74) is 4.54. The lowest BCUT2D eigenvalue weighted by atomic mass is 10.0. The predicted octanol–water partition coefficient (Wildman–Crippen LogP) is 7.50. The summed E-state index contributed by atoms with van der Waals surface area (Å²) in [6, 6.07) is 28.1. The molecule has 2 heterocycles. The van der Waals surface area contributed by atoms with E-state index in [4.69, 9.17) is 4.98 Å². The molecule has 0 aliphatic rings. The number of benzene rings is 3. The summed E-state index contributed by atoms with van der Waals surface area (Å²) < 4.78 is 41.8. The molecule has 0 unspecified atom stereocenters. The zero-order chi connectivity index (χ0) is 26.7. The van der Waals surface area contributed by atoms with E-state index in [9.17, 15) is 18.0 Å². The molecule has 3 aromatic carbocycles. The minimum absolute atomic E-state index is 0.0932. The van der Waals surface area contributed by atoms with Crippen molar-refractivity contribution in [2.75, 3.05) is 0 Å². The molecule has 0 saturated carbocycles. The number of nitrogens with zero attached hydrogens (tertiary/aromatic N) is 2. The summed E-state index contributed by atoms with van der Waals surface area (Å²) in [6.07, 6.45) is -1.99. The molecule has 1 N–H and O–H groups in total. The monoisotopic (exact) mass is 513 g/mol. The van der Waals surface area contributed by atoms with Crippen LogP contribution in [-0.2, 0) is 17.4 Å². The molecular weight excluding hydrogens is 487 g/mol. The lowest BCUT2D eigenvalue weighted by Crippen LogP contribution is -2.26. The first-order valence-electron chi connectivity index (χ1n) is 12.4. The van der Waals surface area contributed by atoms with Crippen molar-refractivity contribution >= 4 is 11.6 Å². The lowest BCUT2D eigenvalue weighted by molar-refractivity contribution is -0.137. The van der Waals surface area contributed by atoms with Crippen LogP contribution < -0.4 is 5.32 Å². The highest BCUT2D eigenvalue weighted by Gasteiger charge is 2.30. The van der Waals surface area contributed by atoms with E-state index in [1.165, 1.54) is 6.07 Å². The second-order valence-electron chi connectivity index (χ2n) is 9.20. The second kappa shape index (κ2) is 10.5. The van der Waals surface area contributed by atoms with Gasteiger partial charge in [-0.1, -0.05) is 72.8 Å². The average molecular weight is 514 g/mol. The van der Waals surface area contributed by atoms with Crippen LogP contribution in [0, 0.1) is 0 Å². The molecule has 1 atom stereocenters. The van der Waals surface area contributed by atoms with Gasteiger partial charge in [-0.15, -0.1) is 0 Å². The molecule has 5 rings (SSSR count). The van der Waals surface area contributed by atoms with Crippen molar-refractivity contribution in [2.24, 2.45) is 0 Å². The minimum Gasteiger partial charge on any atom is -0.350 e. The van der Waals surface area contributed by atoms with Gasteiger partial charge in [0.05, 0.1) is 23.0 Å². The number of hydrogen-bond donors (Lipinski definition) is 1.